The minimum absolute atomic E-state index is 0.0411. The summed E-state index contributed by atoms with van der Waals surface area (Å²) in [5.41, 5.74) is 1.20. The van der Waals surface area contributed by atoms with Crippen LogP contribution in [0.15, 0.2) is 60.7 Å². The van der Waals surface area contributed by atoms with Gasteiger partial charge in [0.1, 0.15) is 66.5 Å². The van der Waals surface area contributed by atoms with Crippen LogP contribution < -0.4 is 26.6 Å². The SMILES string of the molecule is CC(C)C[C@@H]1NC(=O)[C@H](CC(C)C)N(C)C(=O)[C@H](C)N(C)C(=O)[C@@H](C(C)C)NC(=O)C[C@@H](C(=O)N2CCCCC2)NC(=O)[C@H]([C@@H](C)O)NC(=O)[C@H](Cc2ccccc2)N(C)C(=O)[C@H](C)N(C)C(=O)[C@H](CC(C)C)N(C)C(=O)[C@H](CC#N)NC(=O)[C@H](Cc2ccccc2)N(C)C1=O. The summed E-state index contributed by atoms with van der Waals surface area (Å²) in [6, 6.07) is 3.91. The standard InChI is InChI=1S/C70H107N13O13/c1-41(2)35-51-67(93)81(16)54(38-48-27-21-18-22-28-48)61(87)72-50(31-32-71)66(92)82(17)56(37-43(5)6)69(95)77(12)45(9)64(90)80(15)55(39-49-29-23-19-24-30-49)62(88)76-59(47(11)84)63(89)74-52(68(94)83-33-25-20-26-34-83)40-57(85)75-58(44(7)8)70(96)78(13)46(10)65(91)79(14)53(36-42(3)4)60(86)73-51/h18-19,21-24,27-30,41-47,50-56,58-59,84H,20,25-26,31,33-40H2,1-17H3,(H,72,87)(H,73,86)(H,74,89)(H,75,85)(H,76,88)/t45-,46-,47+,50-,51-,52-,53-,54-,55-,56-,58+,59-/m0/s1. The third-order valence-electron chi connectivity index (χ3n) is 18.2. The quantitative estimate of drug-likeness (QED) is 0.158. The van der Waals surface area contributed by atoms with Gasteiger partial charge in [-0.1, -0.05) is 116 Å². The lowest BCUT2D eigenvalue weighted by molar-refractivity contribution is -0.152. The summed E-state index contributed by atoms with van der Waals surface area (Å²) in [5, 5.41) is 35.0. The summed E-state index contributed by atoms with van der Waals surface area (Å²) in [7, 11) is 8.20. The summed E-state index contributed by atoms with van der Waals surface area (Å²) < 4.78 is 0. The first-order valence-electron chi connectivity index (χ1n) is 33.6. The molecule has 12 atom stereocenters. The normalized spacial score (nSPS) is 26.2. The van der Waals surface area contributed by atoms with Crippen LogP contribution in [0.2, 0.25) is 0 Å². The van der Waals surface area contributed by atoms with E-state index in [0.717, 1.165) is 26.0 Å². The van der Waals surface area contributed by atoms with E-state index in [9.17, 15) is 63.1 Å². The maximum atomic E-state index is 15.1. The van der Waals surface area contributed by atoms with Gasteiger partial charge in [-0.15, -0.1) is 0 Å². The summed E-state index contributed by atoms with van der Waals surface area (Å²) in [6.07, 6.45) is -0.826. The molecule has 0 spiro atoms. The van der Waals surface area contributed by atoms with E-state index >= 15 is 4.79 Å². The van der Waals surface area contributed by atoms with Crippen molar-refractivity contribution in [2.24, 2.45) is 23.7 Å². The number of carbonyl (C=O) groups is 12. The molecule has 2 heterocycles. The molecule has 6 N–H and O–H groups in total. The predicted octanol–water partition coefficient (Wildman–Crippen LogP) is 2.40. The van der Waals surface area contributed by atoms with Crippen LogP contribution in [0, 0.1) is 35.0 Å². The molecule has 0 unspecified atom stereocenters. The van der Waals surface area contributed by atoms with Gasteiger partial charge in [0.15, 0.2) is 0 Å². The van der Waals surface area contributed by atoms with Gasteiger partial charge in [-0.2, -0.15) is 5.26 Å². The second kappa shape index (κ2) is 37.2. The smallest absolute Gasteiger partial charge is 0.246 e. The second-order valence-electron chi connectivity index (χ2n) is 27.5. The molecule has 2 aliphatic heterocycles. The second-order valence-corrected chi connectivity index (χ2v) is 27.5. The lowest BCUT2D eigenvalue weighted by Gasteiger charge is -2.38. The van der Waals surface area contributed by atoms with Gasteiger partial charge >= 0.3 is 0 Å². The Kier molecular flexibility index (Phi) is 30.9. The van der Waals surface area contributed by atoms with Gasteiger partial charge in [0.05, 0.1) is 25.0 Å². The molecule has 0 saturated carbocycles. The molecule has 96 heavy (non-hydrogen) atoms. The first kappa shape index (κ1) is 80.0. The van der Waals surface area contributed by atoms with Crippen molar-refractivity contribution in [2.45, 2.75) is 213 Å². The minimum Gasteiger partial charge on any atom is -0.391 e. The molecule has 2 aliphatic rings. The molecule has 0 radical (unpaired) electrons. The Balaban J connectivity index is 1.94. The van der Waals surface area contributed by atoms with Crippen molar-refractivity contribution >= 4 is 70.9 Å². The Hall–Kier alpha value is -8.47. The van der Waals surface area contributed by atoms with Crippen molar-refractivity contribution in [3.05, 3.63) is 71.8 Å². The van der Waals surface area contributed by atoms with E-state index in [0.29, 0.717) is 37.1 Å². The molecule has 0 bridgehead atoms. The molecular weight excluding hydrogens is 1230 g/mol. The highest BCUT2D eigenvalue weighted by atomic mass is 16.3. The van der Waals surface area contributed by atoms with E-state index in [1.165, 1.54) is 77.8 Å². The average molecular weight is 1340 g/mol. The fraction of sp³-hybridized carbons (Fsp3) is 0.643. The van der Waals surface area contributed by atoms with Crippen molar-refractivity contribution in [3.8, 4) is 6.07 Å². The highest BCUT2D eigenvalue weighted by Gasteiger charge is 2.44. The van der Waals surface area contributed by atoms with E-state index in [4.69, 9.17) is 0 Å². The van der Waals surface area contributed by atoms with Crippen molar-refractivity contribution in [3.63, 3.8) is 0 Å². The Morgan fingerprint density at radius 2 is 0.896 bits per heavy atom. The fourth-order valence-electron chi connectivity index (χ4n) is 12.0. The third-order valence-corrected chi connectivity index (χ3v) is 18.2. The van der Waals surface area contributed by atoms with Crippen LogP contribution in [0.3, 0.4) is 0 Å². The molecule has 2 aromatic rings. The summed E-state index contributed by atoms with van der Waals surface area (Å²) >= 11 is 0. The topological polar surface area (TPSA) is 332 Å². The number of nitriles is 1. The number of aliphatic hydroxyl groups is 1. The molecule has 12 amide bonds. The monoisotopic (exact) mass is 1340 g/mol. The van der Waals surface area contributed by atoms with E-state index in [2.05, 4.69) is 26.6 Å². The van der Waals surface area contributed by atoms with Gasteiger partial charge in [0.25, 0.3) is 0 Å². The molecule has 4 rings (SSSR count). The lowest BCUT2D eigenvalue weighted by Crippen LogP contribution is -2.62. The fourth-order valence-corrected chi connectivity index (χ4v) is 12.0. The van der Waals surface area contributed by atoms with Gasteiger partial charge in [-0.25, -0.2) is 0 Å². The van der Waals surface area contributed by atoms with Gasteiger partial charge in [0.2, 0.25) is 70.9 Å². The first-order valence-corrected chi connectivity index (χ1v) is 33.6. The minimum atomic E-state index is -1.79. The van der Waals surface area contributed by atoms with Crippen molar-refractivity contribution < 1.29 is 62.6 Å². The van der Waals surface area contributed by atoms with Crippen molar-refractivity contribution in [1.29, 1.82) is 5.26 Å². The van der Waals surface area contributed by atoms with Crippen LogP contribution in [-0.4, -0.2) is 238 Å². The van der Waals surface area contributed by atoms with Crippen molar-refractivity contribution in [1.82, 2.24) is 60.9 Å². The number of amides is 12. The Bertz CT molecular complexity index is 3060. The van der Waals surface area contributed by atoms with Crippen LogP contribution in [0.25, 0.3) is 0 Å². The number of piperidine rings is 1. The van der Waals surface area contributed by atoms with Gasteiger partial charge in [-0.05, 0) is 94.1 Å². The van der Waals surface area contributed by atoms with Crippen LogP contribution in [-0.2, 0) is 70.4 Å². The van der Waals surface area contributed by atoms with Gasteiger partial charge in [-0.3, -0.25) is 57.5 Å². The average Bonchev–Trinajstić information content (AvgIpc) is 0.858. The molecule has 2 aromatic carbocycles. The molecule has 0 aromatic heterocycles. The number of hydrogen-bond acceptors (Lipinski definition) is 14. The number of likely N-dealkylation sites (tertiary alicyclic amines) is 1. The van der Waals surface area contributed by atoms with Crippen LogP contribution in [0.5, 0.6) is 0 Å². The molecule has 530 valence electrons. The molecular formula is C70H107N13O13. The van der Waals surface area contributed by atoms with Gasteiger partial charge < -0.3 is 66.0 Å². The summed E-state index contributed by atoms with van der Waals surface area (Å²) in [6.45, 7) is 19.1. The molecule has 0 aliphatic carbocycles. The molecule has 2 saturated heterocycles. The summed E-state index contributed by atoms with van der Waals surface area (Å²) in [4.78, 5) is 186. The maximum Gasteiger partial charge on any atom is 0.246 e. The number of nitrogens with zero attached hydrogens (tertiary/aromatic N) is 8. The molecule has 26 nitrogen and oxygen atoms in total. The zero-order valence-electron chi connectivity index (χ0n) is 59.4. The number of nitrogens with one attached hydrogen (secondary N) is 5. The zero-order chi connectivity index (χ0) is 72.2. The van der Waals surface area contributed by atoms with E-state index in [-0.39, 0.29) is 49.9 Å². The number of benzene rings is 2. The highest BCUT2D eigenvalue weighted by Crippen LogP contribution is 2.23. The van der Waals surface area contributed by atoms with E-state index < -0.39 is 162 Å². The Labute approximate surface area is 567 Å². The van der Waals surface area contributed by atoms with E-state index in [1.54, 1.807) is 74.5 Å². The van der Waals surface area contributed by atoms with Crippen LogP contribution in [0.1, 0.15) is 139 Å². The largest absolute Gasteiger partial charge is 0.391 e. The maximum absolute atomic E-state index is 15.1. The van der Waals surface area contributed by atoms with Crippen LogP contribution >= 0.6 is 0 Å². The number of rotatable bonds is 14. The Morgan fingerprint density at radius 1 is 0.479 bits per heavy atom. The number of hydrogen-bond donors (Lipinski definition) is 6. The van der Waals surface area contributed by atoms with Crippen molar-refractivity contribution in [2.75, 3.05) is 55.4 Å². The zero-order valence-corrected chi connectivity index (χ0v) is 59.4. The third kappa shape index (κ3) is 22.0. The predicted molar refractivity (Wildman–Crippen MR) is 361 cm³/mol. The molecule has 2 fully saturated rings. The highest BCUT2D eigenvalue weighted by molar-refractivity contribution is 6.00. The lowest BCUT2D eigenvalue weighted by atomic mass is 9.97. The number of carbonyl (C=O) groups excluding carboxylic acids is 12. The summed E-state index contributed by atoms with van der Waals surface area (Å²) in [5.74, 6) is -10.7. The number of aliphatic hydroxyl groups excluding tert-OH is 1. The molecule has 26 heteroatoms. The Morgan fingerprint density at radius 3 is 1.36 bits per heavy atom. The van der Waals surface area contributed by atoms with Gasteiger partial charge in [0, 0.05) is 68.2 Å². The van der Waals surface area contributed by atoms with E-state index in [1.807, 2.05) is 47.6 Å². The first-order chi connectivity index (χ1) is 45.0. The van der Waals surface area contributed by atoms with Crippen LogP contribution in [0.4, 0.5) is 0 Å². The number of likely N-dealkylation sites (N-methyl/N-ethyl adjacent to an activating group) is 6.